The second-order valence-electron chi connectivity index (χ2n) is 9.48. The number of hydrogen-bond donors (Lipinski definition) is 3. The Morgan fingerprint density at radius 3 is 2.37 bits per heavy atom. The molecule has 8 heteroatoms. The van der Waals surface area contributed by atoms with Crippen molar-refractivity contribution < 1.29 is 23.9 Å². The van der Waals surface area contributed by atoms with Crippen LogP contribution >= 0.6 is 0 Å². The maximum Gasteiger partial charge on any atom is 0.408 e. The number of rotatable bonds is 10. The van der Waals surface area contributed by atoms with Gasteiger partial charge in [-0.2, -0.15) is 0 Å². The minimum atomic E-state index is -0.863. The van der Waals surface area contributed by atoms with Crippen molar-refractivity contribution in [2.75, 3.05) is 13.2 Å². The van der Waals surface area contributed by atoms with E-state index in [4.69, 9.17) is 9.47 Å². The minimum absolute atomic E-state index is 0.0842. The van der Waals surface area contributed by atoms with Crippen LogP contribution in [-0.4, -0.2) is 53.7 Å². The number of fused-ring (bicyclic) bond motifs is 1. The van der Waals surface area contributed by atoms with Crippen LogP contribution in [0.1, 0.15) is 43.6 Å². The summed E-state index contributed by atoms with van der Waals surface area (Å²) in [7, 11) is 0. The third kappa shape index (κ3) is 7.96. The van der Waals surface area contributed by atoms with Gasteiger partial charge in [-0.25, -0.2) is 4.79 Å². The fourth-order valence-corrected chi connectivity index (χ4v) is 3.60. The third-order valence-corrected chi connectivity index (χ3v) is 5.19. The van der Waals surface area contributed by atoms with E-state index in [2.05, 4.69) is 15.6 Å². The van der Waals surface area contributed by atoms with Crippen molar-refractivity contribution in [3.63, 3.8) is 0 Å². The molecule has 3 rings (SSSR count). The van der Waals surface area contributed by atoms with Gasteiger partial charge in [-0.05, 0) is 39.3 Å². The summed E-state index contributed by atoms with van der Waals surface area (Å²) < 4.78 is 10.9. The molecule has 0 saturated heterocycles. The molecule has 186 valence electrons. The normalized spacial score (nSPS) is 13.1. The van der Waals surface area contributed by atoms with Gasteiger partial charge in [0.1, 0.15) is 18.2 Å². The van der Waals surface area contributed by atoms with Gasteiger partial charge in [0.2, 0.25) is 5.91 Å². The Bertz CT molecular complexity index is 1150. The number of Topliss-reactive ketones (excluding diaryl/α,β-unsaturated/α-hetero) is 1. The lowest BCUT2D eigenvalue weighted by molar-refractivity contribution is -0.124. The predicted molar refractivity (Wildman–Crippen MR) is 134 cm³/mol. The van der Waals surface area contributed by atoms with E-state index in [0.29, 0.717) is 5.56 Å². The summed E-state index contributed by atoms with van der Waals surface area (Å²) >= 11 is 0. The van der Waals surface area contributed by atoms with Gasteiger partial charge in [0, 0.05) is 35.1 Å². The predicted octanol–water partition coefficient (Wildman–Crippen LogP) is 4.01. The van der Waals surface area contributed by atoms with Crippen molar-refractivity contribution in [2.24, 2.45) is 0 Å². The van der Waals surface area contributed by atoms with Crippen LogP contribution in [0.15, 0.2) is 60.8 Å². The van der Waals surface area contributed by atoms with Crippen LogP contribution in [0, 0.1) is 0 Å². The van der Waals surface area contributed by atoms with E-state index < -0.39 is 17.7 Å². The Morgan fingerprint density at radius 2 is 1.66 bits per heavy atom. The van der Waals surface area contributed by atoms with Crippen molar-refractivity contribution in [2.45, 2.75) is 51.8 Å². The van der Waals surface area contributed by atoms with Crippen LogP contribution in [0.25, 0.3) is 10.9 Å². The molecule has 0 aliphatic carbocycles. The third-order valence-electron chi connectivity index (χ3n) is 5.19. The number of benzene rings is 2. The molecule has 0 aliphatic heterocycles. The molecule has 1 aromatic heterocycles. The van der Waals surface area contributed by atoms with E-state index in [1.165, 1.54) is 0 Å². The summed E-state index contributed by atoms with van der Waals surface area (Å²) in [5.74, 6) is -0.500. The lowest BCUT2D eigenvalue weighted by atomic mass is 10.0. The van der Waals surface area contributed by atoms with E-state index in [1.54, 1.807) is 52.0 Å². The van der Waals surface area contributed by atoms with Gasteiger partial charge in [0.05, 0.1) is 6.61 Å². The Balaban J connectivity index is 1.61. The summed E-state index contributed by atoms with van der Waals surface area (Å²) in [6.07, 6.45) is 1.44. The zero-order valence-electron chi connectivity index (χ0n) is 20.6. The zero-order valence-corrected chi connectivity index (χ0v) is 20.6. The number of H-pyrrole nitrogens is 1. The molecule has 0 radical (unpaired) electrons. The standard InChI is InChI=1S/C27H33N3O5/c1-18(16-34-17-24(31)19-10-6-5-7-11-19)29-25(32)23(30-26(33)35-27(2,3)4)14-20-15-28-22-13-9-8-12-21(20)22/h5-13,15,18,23,28H,14,16-17H2,1-4H3,(H,29,32)(H,30,33)/t18-,23+/m1/s1. The van der Waals surface area contributed by atoms with Crippen molar-refractivity contribution in [3.8, 4) is 0 Å². The average molecular weight is 480 g/mol. The maximum absolute atomic E-state index is 13.1. The Morgan fingerprint density at radius 1 is 0.971 bits per heavy atom. The number of para-hydroxylation sites is 1. The summed E-state index contributed by atoms with van der Waals surface area (Å²) in [6.45, 7) is 7.13. The molecule has 1 heterocycles. The van der Waals surface area contributed by atoms with Crippen LogP contribution in [0.3, 0.4) is 0 Å². The Labute approximate surface area is 205 Å². The molecule has 0 aliphatic rings. The van der Waals surface area contributed by atoms with Crippen LogP contribution in [-0.2, 0) is 20.7 Å². The number of aromatic amines is 1. The second-order valence-corrected chi connectivity index (χ2v) is 9.48. The number of nitrogens with one attached hydrogen (secondary N) is 3. The number of alkyl carbamates (subject to hydrolysis) is 1. The molecular formula is C27H33N3O5. The number of ether oxygens (including phenoxy) is 2. The zero-order chi connectivity index (χ0) is 25.4. The number of amides is 2. The Hall–Kier alpha value is -3.65. The summed E-state index contributed by atoms with van der Waals surface area (Å²) in [5, 5.41) is 6.54. The highest BCUT2D eigenvalue weighted by atomic mass is 16.6. The van der Waals surface area contributed by atoms with Crippen LogP contribution in [0.4, 0.5) is 4.79 Å². The van der Waals surface area contributed by atoms with Crippen molar-refractivity contribution in [1.29, 1.82) is 0 Å². The monoisotopic (exact) mass is 479 g/mol. The van der Waals surface area contributed by atoms with E-state index in [1.807, 2.05) is 36.5 Å². The first-order valence-electron chi connectivity index (χ1n) is 11.6. The lowest BCUT2D eigenvalue weighted by Gasteiger charge is -2.24. The highest BCUT2D eigenvalue weighted by Gasteiger charge is 2.26. The van der Waals surface area contributed by atoms with Gasteiger partial charge in [-0.1, -0.05) is 48.5 Å². The van der Waals surface area contributed by atoms with Crippen molar-refractivity contribution in [3.05, 3.63) is 71.9 Å². The first kappa shape index (κ1) is 26.0. The minimum Gasteiger partial charge on any atom is -0.444 e. The first-order chi connectivity index (χ1) is 16.6. The number of aromatic nitrogens is 1. The van der Waals surface area contributed by atoms with Crippen molar-refractivity contribution >= 4 is 28.7 Å². The smallest absolute Gasteiger partial charge is 0.408 e. The molecule has 8 nitrogen and oxygen atoms in total. The van der Waals surface area contributed by atoms with Gasteiger partial charge in [-0.15, -0.1) is 0 Å². The second kappa shape index (κ2) is 11.7. The summed E-state index contributed by atoms with van der Waals surface area (Å²) in [6, 6.07) is 15.4. The van der Waals surface area contributed by atoms with Crippen molar-refractivity contribution in [1.82, 2.24) is 15.6 Å². The quantitative estimate of drug-likeness (QED) is 0.381. The topological polar surface area (TPSA) is 110 Å². The molecule has 0 unspecified atom stereocenters. The molecule has 2 amide bonds. The number of carbonyl (C=O) groups excluding carboxylic acids is 3. The molecule has 0 fully saturated rings. The Kier molecular flexibility index (Phi) is 8.65. The number of hydrogen-bond acceptors (Lipinski definition) is 5. The van der Waals surface area contributed by atoms with E-state index in [-0.39, 0.29) is 37.4 Å². The fourth-order valence-electron chi connectivity index (χ4n) is 3.60. The molecule has 2 aromatic carbocycles. The van der Waals surface area contributed by atoms with E-state index in [9.17, 15) is 14.4 Å². The van der Waals surface area contributed by atoms with Gasteiger partial charge in [-0.3, -0.25) is 9.59 Å². The largest absolute Gasteiger partial charge is 0.444 e. The summed E-state index contributed by atoms with van der Waals surface area (Å²) in [4.78, 5) is 41.0. The molecule has 0 spiro atoms. The fraction of sp³-hybridized carbons (Fsp3) is 0.370. The van der Waals surface area contributed by atoms with Gasteiger partial charge >= 0.3 is 6.09 Å². The number of ketones is 1. The van der Waals surface area contributed by atoms with Gasteiger partial charge in [0.15, 0.2) is 5.78 Å². The molecule has 3 aromatic rings. The van der Waals surface area contributed by atoms with Gasteiger partial charge in [0.25, 0.3) is 0 Å². The highest BCUT2D eigenvalue weighted by molar-refractivity contribution is 5.97. The highest BCUT2D eigenvalue weighted by Crippen LogP contribution is 2.19. The summed E-state index contributed by atoms with van der Waals surface area (Å²) in [5.41, 5.74) is 1.72. The molecular weight excluding hydrogens is 446 g/mol. The first-order valence-corrected chi connectivity index (χ1v) is 11.6. The number of carbonyl (C=O) groups is 3. The molecule has 2 atom stereocenters. The van der Waals surface area contributed by atoms with Crippen LogP contribution in [0.2, 0.25) is 0 Å². The van der Waals surface area contributed by atoms with Gasteiger partial charge < -0.3 is 25.1 Å². The van der Waals surface area contributed by atoms with Crippen LogP contribution < -0.4 is 10.6 Å². The van der Waals surface area contributed by atoms with Crippen LogP contribution in [0.5, 0.6) is 0 Å². The molecule has 0 bridgehead atoms. The lowest BCUT2D eigenvalue weighted by Crippen LogP contribution is -2.51. The maximum atomic E-state index is 13.1. The van der Waals surface area contributed by atoms with E-state index in [0.717, 1.165) is 16.5 Å². The van der Waals surface area contributed by atoms with E-state index >= 15 is 0 Å². The molecule has 35 heavy (non-hydrogen) atoms. The molecule has 0 saturated carbocycles. The average Bonchev–Trinajstić information content (AvgIpc) is 3.20. The SMILES string of the molecule is C[C@H](COCC(=O)c1ccccc1)NC(=O)[C@H](Cc1c[nH]c2ccccc12)NC(=O)OC(C)(C)C. The molecule has 3 N–H and O–H groups in total.